The third-order valence-corrected chi connectivity index (χ3v) is 4.65. The van der Waals surface area contributed by atoms with Crippen molar-refractivity contribution in [3.05, 3.63) is 89.0 Å². The van der Waals surface area contributed by atoms with Gasteiger partial charge in [0.15, 0.2) is 11.5 Å². The zero-order chi connectivity index (χ0) is 20.4. The molecule has 7 heteroatoms. The van der Waals surface area contributed by atoms with E-state index in [2.05, 4.69) is 9.97 Å². The zero-order valence-corrected chi connectivity index (χ0v) is 15.5. The molecular weight excluding hydrogens is 381 g/mol. The van der Waals surface area contributed by atoms with Crippen LogP contribution in [0.4, 0.5) is 13.2 Å². The second-order valence-electron chi connectivity index (χ2n) is 6.51. The van der Waals surface area contributed by atoms with Crippen molar-refractivity contribution in [2.24, 2.45) is 0 Å². The van der Waals surface area contributed by atoms with Crippen LogP contribution in [0, 0.1) is 17.5 Å². The molecule has 0 saturated carbocycles. The lowest BCUT2D eigenvalue weighted by atomic mass is 10.0. The number of nitrogens with zero attached hydrogens (tertiary/aromatic N) is 1. The molecule has 0 unspecified atom stereocenters. The van der Waals surface area contributed by atoms with Crippen LogP contribution < -0.4 is 9.47 Å². The van der Waals surface area contributed by atoms with E-state index in [0.717, 1.165) is 28.7 Å². The summed E-state index contributed by atoms with van der Waals surface area (Å²) < 4.78 is 52.4. The number of hydrogen-bond acceptors (Lipinski definition) is 3. The largest absolute Gasteiger partial charge is 0.493 e. The van der Waals surface area contributed by atoms with Crippen LogP contribution in [0.2, 0.25) is 0 Å². The minimum Gasteiger partial charge on any atom is -0.493 e. The number of ether oxygens (including phenoxy) is 2. The molecule has 0 aliphatic rings. The monoisotopic (exact) mass is 398 g/mol. The van der Waals surface area contributed by atoms with Gasteiger partial charge in [-0.1, -0.05) is 0 Å². The number of H-pyrrole nitrogens is 1. The summed E-state index contributed by atoms with van der Waals surface area (Å²) in [5, 5.41) is 0.915. The lowest BCUT2D eigenvalue weighted by Gasteiger charge is -2.13. The van der Waals surface area contributed by atoms with Gasteiger partial charge in [0.2, 0.25) is 0 Å². The number of aromatic amines is 1. The number of fused-ring (bicyclic) bond motifs is 1. The van der Waals surface area contributed by atoms with Crippen LogP contribution in [0.15, 0.2) is 54.9 Å². The SMILES string of the molecule is COc1cc(Cc2c[nH]c3ncccc23)c(F)cc1OCc1ccc(F)cc1F. The lowest BCUT2D eigenvalue weighted by Crippen LogP contribution is -2.02. The molecule has 0 atom stereocenters. The van der Waals surface area contributed by atoms with Crippen molar-refractivity contribution in [1.82, 2.24) is 9.97 Å². The maximum Gasteiger partial charge on any atom is 0.164 e. The maximum absolute atomic E-state index is 14.7. The van der Waals surface area contributed by atoms with Gasteiger partial charge in [-0.05, 0) is 41.5 Å². The number of aromatic nitrogens is 2. The Morgan fingerprint density at radius 1 is 0.931 bits per heavy atom. The van der Waals surface area contributed by atoms with Crippen LogP contribution in [-0.4, -0.2) is 17.1 Å². The molecule has 4 nitrogen and oxygen atoms in total. The van der Waals surface area contributed by atoms with E-state index in [1.807, 2.05) is 12.1 Å². The molecule has 4 rings (SSSR count). The van der Waals surface area contributed by atoms with Gasteiger partial charge in [0.05, 0.1) is 7.11 Å². The molecule has 0 aliphatic heterocycles. The van der Waals surface area contributed by atoms with Crippen LogP contribution in [0.3, 0.4) is 0 Å². The first-order chi connectivity index (χ1) is 14.0. The minimum absolute atomic E-state index is 0.137. The molecule has 1 N–H and O–H groups in total. The van der Waals surface area contributed by atoms with Gasteiger partial charge in [0.25, 0.3) is 0 Å². The Morgan fingerprint density at radius 2 is 1.76 bits per heavy atom. The van der Waals surface area contributed by atoms with Gasteiger partial charge >= 0.3 is 0 Å². The van der Waals surface area contributed by atoms with E-state index in [4.69, 9.17) is 9.47 Å². The number of methoxy groups -OCH3 is 1. The van der Waals surface area contributed by atoms with E-state index in [1.165, 1.54) is 19.2 Å². The number of halogens is 3. The van der Waals surface area contributed by atoms with Crippen molar-refractivity contribution in [2.75, 3.05) is 7.11 Å². The number of nitrogens with one attached hydrogen (secondary N) is 1. The van der Waals surface area contributed by atoms with Crippen LogP contribution in [-0.2, 0) is 13.0 Å². The minimum atomic E-state index is -0.728. The standard InChI is InChI=1S/C22H17F3N2O2/c1-28-20-8-14(7-15-11-27-22-17(15)3-2-6-26-22)19(25)10-21(20)29-12-13-4-5-16(23)9-18(13)24/h2-6,8-11H,7,12H2,1H3,(H,26,27). The molecule has 0 radical (unpaired) electrons. The number of benzene rings is 2. The Morgan fingerprint density at radius 3 is 2.55 bits per heavy atom. The van der Waals surface area contributed by atoms with E-state index in [1.54, 1.807) is 18.5 Å². The molecule has 0 fully saturated rings. The van der Waals surface area contributed by atoms with Crippen LogP contribution in [0.5, 0.6) is 11.5 Å². The van der Waals surface area contributed by atoms with Crippen molar-refractivity contribution in [1.29, 1.82) is 0 Å². The first-order valence-corrected chi connectivity index (χ1v) is 8.89. The summed E-state index contributed by atoms with van der Waals surface area (Å²) in [6.45, 7) is -0.185. The predicted octanol–water partition coefficient (Wildman–Crippen LogP) is 5.16. The molecule has 0 spiro atoms. The number of pyridine rings is 1. The summed E-state index contributed by atoms with van der Waals surface area (Å²) in [5.41, 5.74) is 2.21. The van der Waals surface area contributed by atoms with Crippen LogP contribution in [0.25, 0.3) is 11.0 Å². The zero-order valence-electron chi connectivity index (χ0n) is 15.5. The molecule has 0 bridgehead atoms. The topological polar surface area (TPSA) is 47.1 Å². The Kier molecular flexibility index (Phi) is 5.12. The Bertz CT molecular complexity index is 1170. The van der Waals surface area contributed by atoms with E-state index < -0.39 is 17.5 Å². The van der Waals surface area contributed by atoms with E-state index in [9.17, 15) is 13.2 Å². The first kappa shape index (κ1) is 18.9. The normalized spacial score (nSPS) is 11.0. The van der Waals surface area contributed by atoms with E-state index >= 15 is 0 Å². The fourth-order valence-electron chi connectivity index (χ4n) is 3.14. The van der Waals surface area contributed by atoms with Gasteiger partial charge < -0.3 is 14.5 Å². The van der Waals surface area contributed by atoms with Crippen molar-refractivity contribution in [3.63, 3.8) is 0 Å². The molecule has 29 heavy (non-hydrogen) atoms. The molecule has 2 aromatic carbocycles. The van der Waals surface area contributed by atoms with Crippen LogP contribution >= 0.6 is 0 Å². The van der Waals surface area contributed by atoms with Crippen molar-refractivity contribution >= 4 is 11.0 Å². The van der Waals surface area contributed by atoms with Crippen LogP contribution in [0.1, 0.15) is 16.7 Å². The first-order valence-electron chi connectivity index (χ1n) is 8.89. The smallest absolute Gasteiger partial charge is 0.164 e. The highest BCUT2D eigenvalue weighted by Gasteiger charge is 2.15. The van der Waals surface area contributed by atoms with Crippen molar-refractivity contribution in [3.8, 4) is 11.5 Å². The van der Waals surface area contributed by atoms with Gasteiger partial charge in [0, 0.05) is 41.9 Å². The predicted molar refractivity (Wildman–Crippen MR) is 103 cm³/mol. The fourth-order valence-corrected chi connectivity index (χ4v) is 3.14. The molecule has 148 valence electrons. The highest BCUT2D eigenvalue weighted by molar-refractivity contribution is 5.79. The highest BCUT2D eigenvalue weighted by atomic mass is 19.1. The average Bonchev–Trinajstić information content (AvgIpc) is 3.12. The van der Waals surface area contributed by atoms with E-state index in [0.29, 0.717) is 17.7 Å². The van der Waals surface area contributed by atoms with Crippen molar-refractivity contribution in [2.45, 2.75) is 13.0 Å². The Balaban J connectivity index is 1.58. The summed E-state index contributed by atoms with van der Waals surface area (Å²) in [7, 11) is 1.44. The summed E-state index contributed by atoms with van der Waals surface area (Å²) in [4.78, 5) is 7.30. The molecule has 0 amide bonds. The summed E-state index contributed by atoms with van der Waals surface area (Å²) >= 11 is 0. The van der Waals surface area contributed by atoms with Gasteiger partial charge in [-0.2, -0.15) is 0 Å². The molecule has 2 heterocycles. The summed E-state index contributed by atoms with van der Waals surface area (Å²) in [5.74, 6) is -1.42. The molecule has 0 aliphatic carbocycles. The maximum atomic E-state index is 14.7. The molecule has 0 saturated heterocycles. The lowest BCUT2D eigenvalue weighted by molar-refractivity contribution is 0.277. The Labute approximate surface area is 164 Å². The number of rotatable bonds is 6. The van der Waals surface area contributed by atoms with Crippen molar-refractivity contribution < 1.29 is 22.6 Å². The third kappa shape index (κ3) is 3.89. The molecule has 2 aromatic heterocycles. The highest BCUT2D eigenvalue weighted by Crippen LogP contribution is 2.33. The summed E-state index contributed by atoms with van der Waals surface area (Å²) in [6.07, 6.45) is 3.81. The number of hydrogen-bond donors (Lipinski definition) is 1. The van der Waals surface area contributed by atoms with E-state index in [-0.39, 0.29) is 17.9 Å². The van der Waals surface area contributed by atoms with Gasteiger partial charge in [-0.3, -0.25) is 0 Å². The summed E-state index contributed by atoms with van der Waals surface area (Å²) in [6, 6.07) is 9.70. The Hall–Kier alpha value is -3.48. The fraction of sp³-hybridized carbons (Fsp3) is 0.136. The third-order valence-electron chi connectivity index (χ3n) is 4.65. The van der Waals surface area contributed by atoms with Gasteiger partial charge in [0.1, 0.15) is 29.7 Å². The quantitative estimate of drug-likeness (QED) is 0.488. The average molecular weight is 398 g/mol. The van der Waals surface area contributed by atoms with Gasteiger partial charge in [-0.25, -0.2) is 18.2 Å². The van der Waals surface area contributed by atoms with Gasteiger partial charge in [-0.15, -0.1) is 0 Å². The second kappa shape index (κ2) is 7.87. The molecule has 4 aromatic rings. The molecular formula is C22H17F3N2O2. The second-order valence-corrected chi connectivity index (χ2v) is 6.51.